The molecule has 0 aromatic rings. The number of aliphatic carboxylic acids is 1. The summed E-state index contributed by atoms with van der Waals surface area (Å²) in [7, 11) is -0.599. The van der Waals surface area contributed by atoms with Crippen LogP contribution in [0.15, 0.2) is 12.2 Å². The van der Waals surface area contributed by atoms with Crippen molar-refractivity contribution in [2.75, 3.05) is 5.75 Å². The fraction of sp³-hybridized carbons (Fsp3) is 0.880. The van der Waals surface area contributed by atoms with Crippen molar-refractivity contribution in [1.82, 2.24) is 0 Å². The van der Waals surface area contributed by atoms with E-state index in [1.54, 1.807) is 0 Å². The first-order valence-corrected chi connectivity index (χ1v) is 14.8. The monoisotopic (exact) mass is 494 g/mol. The zero-order chi connectivity index (χ0) is 25.0. The third-order valence-electron chi connectivity index (χ3n) is 6.05. The molecule has 0 radical (unpaired) electrons. The van der Waals surface area contributed by atoms with Gasteiger partial charge < -0.3 is 5.11 Å². The molecule has 0 aliphatic heterocycles. The zero-order valence-corrected chi connectivity index (χ0v) is 23.2. The predicted octanol–water partition coefficient (Wildman–Crippen LogP) is 7.66. The molecule has 192 valence electrons. The molecule has 1 unspecified atom stereocenters. The molecule has 0 aromatic heterocycles. The maximum atomic E-state index is 10.2. The summed E-state index contributed by atoms with van der Waals surface area (Å²) in [5, 5.41) is 8.91. The summed E-state index contributed by atoms with van der Waals surface area (Å²) in [6, 6.07) is 0. The molecule has 0 spiro atoms. The molecule has 0 aliphatic carbocycles. The van der Waals surface area contributed by atoms with Gasteiger partial charge in [0.05, 0.1) is 5.75 Å². The number of unbranched alkanes of at least 4 members (excludes halogenated alkanes) is 5. The van der Waals surface area contributed by atoms with Crippen molar-refractivity contribution in [1.29, 1.82) is 0 Å². The van der Waals surface area contributed by atoms with Crippen LogP contribution in [0.5, 0.6) is 0 Å². The van der Waals surface area contributed by atoms with Gasteiger partial charge in [-0.2, -0.15) is 8.42 Å². The van der Waals surface area contributed by atoms with Crippen molar-refractivity contribution in [3.8, 4) is 0 Å². The van der Waals surface area contributed by atoms with E-state index in [1.165, 1.54) is 77.0 Å². The van der Waals surface area contributed by atoms with Gasteiger partial charge in [0.15, 0.2) is 0 Å². The van der Waals surface area contributed by atoms with E-state index in [2.05, 4.69) is 43.5 Å². The molecule has 0 fully saturated rings. The van der Waals surface area contributed by atoms with Crippen molar-refractivity contribution in [2.24, 2.45) is 5.92 Å². The average Bonchev–Trinajstić information content (AvgIpc) is 2.73. The number of carboxylic acids is 1. The third-order valence-corrected chi connectivity index (χ3v) is 7.90. The molecule has 2 N–H and O–H groups in total. The summed E-state index contributed by atoms with van der Waals surface area (Å²) in [4.78, 5) is 10.2. The first kappa shape index (κ1) is 33.7. The molecule has 32 heavy (non-hydrogen) atoms. The molecule has 0 aliphatic rings. The van der Waals surface area contributed by atoms with Gasteiger partial charge in [0.2, 0.25) is 0 Å². The average molecular weight is 495 g/mol. The van der Waals surface area contributed by atoms with Crippen LogP contribution in [0.4, 0.5) is 0 Å². The topological polar surface area (TPSA) is 91.7 Å². The van der Waals surface area contributed by atoms with Crippen LogP contribution in [0.25, 0.3) is 0 Å². The summed E-state index contributed by atoms with van der Waals surface area (Å²) in [5.41, 5.74) is 0.0512. The van der Waals surface area contributed by atoms with Gasteiger partial charge in [-0.3, -0.25) is 4.55 Å². The second-order valence-corrected chi connectivity index (χ2v) is 11.8. The van der Waals surface area contributed by atoms with Crippen LogP contribution in [-0.2, 0) is 14.9 Å². The van der Waals surface area contributed by atoms with Gasteiger partial charge in [-0.25, -0.2) is 4.79 Å². The maximum absolute atomic E-state index is 10.2. The lowest BCUT2D eigenvalue weighted by Gasteiger charge is -2.38. The third kappa shape index (κ3) is 19.1. The van der Waals surface area contributed by atoms with E-state index in [-0.39, 0.29) is 24.2 Å². The molecule has 0 rings (SSSR count). The molecule has 0 bridgehead atoms. The number of carbonyl (C=O) groups is 1. The van der Waals surface area contributed by atoms with Gasteiger partial charge in [0.1, 0.15) is 0 Å². The Morgan fingerprint density at radius 1 is 0.875 bits per heavy atom. The summed E-state index contributed by atoms with van der Waals surface area (Å²) in [6.07, 6.45) is 17.7. The van der Waals surface area contributed by atoms with Crippen molar-refractivity contribution in [3.63, 3.8) is 0 Å². The highest BCUT2D eigenvalue weighted by atomic mass is 32.2. The zero-order valence-electron chi connectivity index (χ0n) is 21.2. The first-order chi connectivity index (χ1) is 15.0. The molecule has 1 atom stereocenters. The Morgan fingerprint density at radius 3 is 1.66 bits per heavy atom. The van der Waals surface area contributed by atoms with Gasteiger partial charge >= 0.3 is 5.97 Å². The quantitative estimate of drug-likeness (QED) is 0.0832. The van der Waals surface area contributed by atoms with Crippen LogP contribution < -0.4 is 0 Å². The molecule has 0 saturated carbocycles. The summed E-state index contributed by atoms with van der Waals surface area (Å²) >= 11 is 0. The van der Waals surface area contributed by atoms with Crippen molar-refractivity contribution >= 4 is 25.3 Å². The van der Waals surface area contributed by atoms with Crippen LogP contribution in [0, 0.1) is 5.92 Å². The second-order valence-electron chi connectivity index (χ2n) is 9.07. The molecule has 0 heterocycles. The lowest BCUT2D eigenvalue weighted by atomic mass is 9.77. The summed E-state index contributed by atoms with van der Waals surface area (Å²) in [5.74, 6) is -0.470. The highest BCUT2D eigenvalue weighted by Gasteiger charge is 2.32. The largest absolute Gasteiger partial charge is 0.478 e. The van der Waals surface area contributed by atoms with Crippen LogP contribution >= 0.6 is 9.24 Å². The van der Waals surface area contributed by atoms with Crippen molar-refractivity contribution in [3.05, 3.63) is 12.2 Å². The Balaban J connectivity index is 0. The van der Waals surface area contributed by atoms with E-state index < -0.39 is 16.1 Å². The SMILES string of the molecule is C=C(CCCCS(=O)(=O)O)C(=O)O.CCCCC(CCCC)C(P)(CCCC)CCCC. The van der Waals surface area contributed by atoms with Crippen molar-refractivity contribution in [2.45, 2.75) is 129 Å². The minimum Gasteiger partial charge on any atom is -0.478 e. The summed E-state index contributed by atoms with van der Waals surface area (Å²) < 4.78 is 28.8. The first-order valence-electron chi connectivity index (χ1n) is 12.6. The predicted molar refractivity (Wildman–Crippen MR) is 141 cm³/mol. The van der Waals surface area contributed by atoms with E-state index in [9.17, 15) is 13.2 Å². The van der Waals surface area contributed by atoms with E-state index in [4.69, 9.17) is 9.66 Å². The molecule has 0 aromatic carbocycles. The Hall–Kier alpha value is -0.450. The molecular formula is C25H51O5PS. The van der Waals surface area contributed by atoms with Crippen LogP contribution in [-0.4, -0.2) is 35.0 Å². The standard InChI is InChI=1S/C18H39P.C7H12O5S/c1-5-9-13-17(14-10-6-2)18(19,15-11-7-3)16-12-8-4;1-6(7(8)9)4-2-3-5-13(10,11)12/h17H,5-16,19H2,1-4H3;1-5H2,(H,8,9)(H,10,11,12). The lowest BCUT2D eigenvalue weighted by molar-refractivity contribution is -0.132. The number of hydrogen-bond donors (Lipinski definition) is 2. The summed E-state index contributed by atoms with van der Waals surface area (Å²) in [6.45, 7) is 12.6. The second kappa shape index (κ2) is 20.0. The van der Waals surface area contributed by atoms with E-state index >= 15 is 0 Å². The smallest absolute Gasteiger partial charge is 0.330 e. The minimum absolute atomic E-state index is 0.0512. The van der Waals surface area contributed by atoms with Gasteiger partial charge in [0, 0.05) is 5.57 Å². The van der Waals surface area contributed by atoms with Crippen LogP contribution in [0.3, 0.4) is 0 Å². The van der Waals surface area contributed by atoms with E-state index in [0.717, 1.165) is 5.92 Å². The Bertz CT molecular complexity index is 573. The van der Waals surface area contributed by atoms with Crippen LogP contribution in [0.1, 0.15) is 124 Å². The fourth-order valence-corrected chi connectivity index (χ4v) is 5.21. The van der Waals surface area contributed by atoms with Gasteiger partial charge in [-0.15, -0.1) is 9.24 Å². The highest BCUT2D eigenvalue weighted by Crippen LogP contribution is 2.43. The highest BCUT2D eigenvalue weighted by molar-refractivity contribution is 7.85. The lowest BCUT2D eigenvalue weighted by Crippen LogP contribution is -2.32. The number of carboxylic acid groups (broad SMARTS) is 1. The van der Waals surface area contributed by atoms with Crippen molar-refractivity contribution < 1.29 is 22.9 Å². The number of rotatable bonds is 19. The molecule has 0 saturated heterocycles. The molecule has 5 nitrogen and oxygen atoms in total. The normalized spacial score (nSPS) is 11.8. The van der Waals surface area contributed by atoms with Gasteiger partial charge in [-0.05, 0) is 56.0 Å². The molecule has 0 amide bonds. The number of hydrogen-bond acceptors (Lipinski definition) is 3. The molecule has 7 heteroatoms. The minimum atomic E-state index is -3.92. The van der Waals surface area contributed by atoms with E-state index in [1.807, 2.05) is 0 Å². The van der Waals surface area contributed by atoms with E-state index in [0.29, 0.717) is 11.6 Å². The van der Waals surface area contributed by atoms with Gasteiger partial charge in [-0.1, -0.05) is 85.6 Å². The van der Waals surface area contributed by atoms with Crippen LogP contribution in [0.2, 0.25) is 0 Å². The Labute approximate surface area is 201 Å². The Kier molecular flexibility index (Phi) is 21.0. The molecular weight excluding hydrogens is 443 g/mol. The Morgan fingerprint density at radius 2 is 1.31 bits per heavy atom. The fourth-order valence-electron chi connectivity index (χ4n) is 3.90. The van der Waals surface area contributed by atoms with Gasteiger partial charge in [0.25, 0.3) is 10.1 Å². The maximum Gasteiger partial charge on any atom is 0.330 e.